The van der Waals surface area contributed by atoms with Gasteiger partial charge in [-0.3, -0.25) is 4.79 Å². The fraction of sp³-hybridized carbons (Fsp3) is 0.188. The van der Waals surface area contributed by atoms with Gasteiger partial charge in [0.15, 0.2) is 5.82 Å². The van der Waals surface area contributed by atoms with Gasteiger partial charge in [0.25, 0.3) is 11.8 Å². The van der Waals surface area contributed by atoms with Crippen LogP contribution in [0, 0.1) is 6.92 Å². The van der Waals surface area contributed by atoms with E-state index >= 15 is 0 Å². The zero-order valence-electron chi connectivity index (χ0n) is 14.0. The van der Waals surface area contributed by atoms with Gasteiger partial charge in [-0.15, -0.1) is 11.3 Å². The molecule has 2 N–H and O–H groups in total. The maximum atomic E-state index is 12.2. The molecule has 2 heterocycles. The molecule has 0 aliphatic carbocycles. The molecule has 0 fully saturated rings. The molecule has 8 nitrogen and oxygen atoms in total. The minimum atomic E-state index is -3.46. The van der Waals surface area contributed by atoms with E-state index in [1.807, 2.05) is 0 Å². The van der Waals surface area contributed by atoms with Crippen molar-refractivity contribution < 1.29 is 17.7 Å². The zero-order valence-corrected chi connectivity index (χ0v) is 15.6. The number of aromatic nitrogens is 2. The predicted molar refractivity (Wildman–Crippen MR) is 96.2 cm³/mol. The van der Waals surface area contributed by atoms with Crippen LogP contribution in [-0.2, 0) is 16.6 Å². The number of nitrogens with one attached hydrogen (secondary N) is 2. The SMILES string of the molecule is CNS(=O)(=O)c1ccc(CNC(=O)c2ccc(-c3nc(C)no3)cc2)s1. The molecule has 0 aliphatic heterocycles. The Kier molecular flexibility index (Phi) is 5.16. The number of amides is 1. The predicted octanol–water partition coefficient (Wildman–Crippen LogP) is 1.94. The Labute approximate surface area is 154 Å². The summed E-state index contributed by atoms with van der Waals surface area (Å²) >= 11 is 1.11. The van der Waals surface area contributed by atoms with Crippen LogP contribution in [0.25, 0.3) is 11.5 Å². The molecule has 0 saturated carbocycles. The van der Waals surface area contributed by atoms with Crippen molar-refractivity contribution in [3.05, 3.63) is 52.7 Å². The molecule has 0 atom stereocenters. The van der Waals surface area contributed by atoms with Gasteiger partial charge < -0.3 is 9.84 Å². The summed E-state index contributed by atoms with van der Waals surface area (Å²) in [6.45, 7) is 1.97. The van der Waals surface area contributed by atoms with Crippen molar-refractivity contribution in [1.82, 2.24) is 20.2 Å². The normalized spacial score (nSPS) is 11.5. The fourth-order valence-electron chi connectivity index (χ4n) is 2.15. The number of aryl methyl sites for hydroxylation is 1. The maximum absolute atomic E-state index is 12.2. The second kappa shape index (κ2) is 7.36. The van der Waals surface area contributed by atoms with Gasteiger partial charge >= 0.3 is 0 Å². The molecule has 26 heavy (non-hydrogen) atoms. The van der Waals surface area contributed by atoms with Crippen molar-refractivity contribution in [2.75, 3.05) is 7.05 Å². The molecule has 3 rings (SSSR count). The van der Waals surface area contributed by atoms with E-state index in [1.54, 1.807) is 37.3 Å². The lowest BCUT2D eigenvalue weighted by atomic mass is 10.1. The highest BCUT2D eigenvalue weighted by Crippen LogP contribution is 2.21. The molecule has 0 radical (unpaired) electrons. The largest absolute Gasteiger partial charge is 0.347 e. The summed E-state index contributed by atoms with van der Waals surface area (Å²) in [5.74, 6) is 0.674. The molecule has 10 heteroatoms. The first-order valence-corrected chi connectivity index (χ1v) is 9.90. The molecule has 1 amide bonds. The molecule has 1 aromatic carbocycles. The van der Waals surface area contributed by atoms with Crippen LogP contribution in [-0.4, -0.2) is 31.5 Å². The smallest absolute Gasteiger partial charge is 0.257 e. The van der Waals surface area contributed by atoms with E-state index in [4.69, 9.17) is 4.52 Å². The number of benzene rings is 1. The minimum Gasteiger partial charge on any atom is -0.347 e. The molecular formula is C16H16N4O4S2. The summed E-state index contributed by atoms with van der Waals surface area (Å²) in [5.41, 5.74) is 1.20. The summed E-state index contributed by atoms with van der Waals surface area (Å²) in [7, 11) is -2.10. The number of carbonyl (C=O) groups excluding carboxylic acids is 1. The first-order valence-electron chi connectivity index (χ1n) is 7.60. The average molecular weight is 392 g/mol. The highest BCUT2D eigenvalue weighted by molar-refractivity contribution is 7.91. The van der Waals surface area contributed by atoms with E-state index in [0.717, 1.165) is 21.8 Å². The Morgan fingerprint density at radius 3 is 2.54 bits per heavy atom. The number of carbonyl (C=O) groups is 1. The Hall–Kier alpha value is -2.56. The van der Waals surface area contributed by atoms with Crippen LogP contribution in [0.5, 0.6) is 0 Å². The Balaban J connectivity index is 1.63. The first-order chi connectivity index (χ1) is 12.4. The third kappa shape index (κ3) is 3.98. The van der Waals surface area contributed by atoms with E-state index in [-0.39, 0.29) is 16.7 Å². The molecular weight excluding hydrogens is 376 g/mol. The minimum absolute atomic E-state index is 0.212. The molecule has 136 valence electrons. The van der Waals surface area contributed by atoms with Gasteiger partial charge in [0.05, 0.1) is 6.54 Å². The van der Waals surface area contributed by atoms with Crippen LogP contribution >= 0.6 is 11.3 Å². The summed E-state index contributed by atoms with van der Waals surface area (Å²) in [6.07, 6.45) is 0. The van der Waals surface area contributed by atoms with Gasteiger partial charge in [-0.05, 0) is 50.4 Å². The number of hydrogen-bond acceptors (Lipinski definition) is 7. The van der Waals surface area contributed by atoms with Crippen molar-refractivity contribution in [3.8, 4) is 11.5 Å². The van der Waals surface area contributed by atoms with Crippen LogP contribution < -0.4 is 10.0 Å². The summed E-state index contributed by atoms with van der Waals surface area (Å²) in [4.78, 5) is 17.1. The molecule has 2 aromatic heterocycles. The lowest BCUT2D eigenvalue weighted by Gasteiger charge is -2.04. The van der Waals surface area contributed by atoms with Gasteiger partial charge in [-0.2, -0.15) is 4.98 Å². The Bertz CT molecular complexity index is 1020. The second-order valence-corrected chi connectivity index (χ2v) is 8.62. The average Bonchev–Trinajstić information content (AvgIpc) is 3.29. The van der Waals surface area contributed by atoms with Gasteiger partial charge in [-0.1, -0.05) is 5.16 Å². The van der Waals surface area contributed by atoms with Crippen LogP contribution in [0.1, 0.15) is 21.1 Å². The number of sulfonamides is 1. The van der Waals surface area contributed by atoms with E-state index in [0.29, 0.717) is 17.3 Å². The number of nitrogens with zero attached hydrogens (tertiary/aromatic N) is 2. The standard InChI is InChI=1S/C16H16N4O4S2/c1-10-19-16(24-20-10)12-5-3-11(4-6-12)15(21)18-9-13-7-8-14(25-13)26(22,23)17-2/h3-8,17H,9H2,1-2H3,(H,18,21). The highest BCUT2D eigenvalue weighted by Gasteiger charge is 2.15. The maximum Gasteiger partial charge on any atom is 0.257 e. The van der Waals surface area contributed by atoms with Crippen molar-refractivity contribution in [2.24, 2.45) is 0 Å². The third-order valence-corrected chi connectivity index (χ3v) is 6.51. The molecule has 3 aromatic rings. The Morgan fingerprint density at radius 2 is 1.92 bits per heavy atom. The van der Waals surface area contributed by atoms with Crippen molar-refractivity contribution in [3.63, 3.8) is 0 Å². The van der Waals surface area contributed by atoms with E-state index < -0.39 is 10.0 Å². The number of hydrogen-bond donors (Lipinski definition) is 2. The number of rotatable bonds is 6. The van der Waals surface area contributed by atoms with Crippen molar-refractivity contribution in [2.45, 2.75) is 17.7 Å². The van der Waals surface area contributed by atoms with E-state index in [2.05, 4.69) is 20.2 Å². The van der Waals surface area contributed by atoms with Crippen molar-refractivity contribution in [1.29, 1.82) is 0 Å². The van der Waals surface area contributed by atoms with E-state index in [9.17, 15) is 13.2 Å². The van der Waals surface area contributed by atoms with Crippen molar-refractivity contribution >= 4 is 27.3 Å². The van der Waals surface area contributed by atoms with Gasteiger partial charge in [0.1, 0.15) is 4.21 Å². The highest BCUT2D eigenvalue weighted by atomic mass is 32.2. The third-order valence-electron chi connectivity index (χ3n) is 3.52. The van der Waals surface area contributed by atoms with Crippen LogP contribution in [0.2, 0.25) is 0 Å². The number of thiophene rings is 1. The topological polar surface area (TPSA) is 114 Å². The lowest BCUT2D eigenvalue weighted by Crippen LogP contribution is -2.22. The van der Waals surface area contributed by atoms with Crippen LogP contribution in [0.4, 0.5) is 0 Å². The lowest BCUT2D eigenvalue weighted by molar-refractivity contribution is 0.0951. The molecule has 0 saturated heterocycles. The molecule has 0 bridgehead atoms. The van der Waals surface area contributed by atoms with Crippen LogP contribution in [0.15, 0.2) is 45.1 Å². The summed E-state index contributed by atoms with van der Waals surface area (Å²) in [5, 5.41) is 6.49. The van der Waals surface area contributed by atoms with E-state index in [1.165, 1.54) is 13.1 Å². The summed E-state index contributed by atoms with van der Waals surface area (Å²) < 4.78 is 31.0. The Morgan fingerprint density at radius 1 is 1.19 bits per heavy atom. The quantitative estimate of drug-likeness (QED) is 0.663. The monoisotopic (exact) mass is 392 g/mol. The second-order valence-electron chi connectivity index (χ2n) is 5.34. The van der Waals surface area contributed by atoms with Crippen LogP contribution in [0.3, 0.4) is 0 Å². The first kappa shape index (κ1) is 18.2. The van der Waals surface area contributed by atoms with Gasteiger partial charge in [-0.25, -0.2) is 13.1 Å². The summed E-state index contributed by atoms with van der Waals surface area (Å²) in [6, 6.07) is 9.97. The fourth-order valence-corrected chi connectivity index (χ4v) is 4.28. The molecule has 0 unspecified atom stereocenters. The van der Waals surface area contributed by atoms with Gasteiger partial charge in [0.2, 0.25) is 10.0 Å². The molecule has 0 aliphatic rings. The molecule has 0 spiro atoms. The zero-order chi connectivity index (χ0) is 18.7. The van der Waals surface area contributed by atoms with Gasteiger partial charge in [0, 0.05) is 16.0 Å².